The molecule has 0 fully saturated rings. The fourth-order valence-corrected chi connectivity index (χ4v) is 5.33. The van der Waals surface area contributed by atoms with Crippen LogP contribution >= 0.6 is 0 Å². The number of rotatable bonds is 4. The third kappa shape index (κ3) is 4.23. The largest absolute Gasteiger partial charge is 0.491 e. The van der Waals surface area contributed by atoms with E-state index in [2.05, 4.69) is 5.32 Å². The predicted octanol–water partition coefficient (Wildman–Crippen LogP) is 4.07. The Bertz CT molecular complexity index is 1390. The number of ether oxygens (including phenoxy) is 1. The first-order valence-corrected chi connectivity index (χ1v) is 13.0. The molecule has 6 nitrogen and oxygen atoms in total. The number of halogens is 1. The van der Waals surface area contributed by atoms with Gasteiger partial charge in [0.2, 0.25) is 0 Å². The Balaban J connectivity index is 1.46. The van der Waals surface area contributed by atoms with Crippen LogP contribution in [0.1, 0.15) is 44.3 Å². The lowest BCUT2D eigenvalue weighted by Gasteiger charge is -2.22. The second kappa shape index (κ2) is 9.26. The van der Waals surface area contributed by atoms with Crippen LogP contribution in [-0.2, 0) is 30.3 Å². The highest BCUT2D eigenvalue weighted by Crippen LogP contribution is 2.32. The summed E-state index contributed by atoms with van der Waals surface area (Å²) in [6, 6.07) is 14.6. The zero-order valence-electron chi connectivity index (χ0n) is 19.5. The van der Waals surface area contributed by atoms with E-state index < -0.39 is 16.6 Å². The van der Waals surface area contributed by atoms with Gasteiger partial charge in [0.15, 0.2) is 0 Å². The van der Waals surface area contributed by atoms with Crippen molar-refractivity contribution in [2.75, 3.05) is 19.4 Å². The SMILES string of the molecule is CCc1c(C(=O)N2CCOc3ccc(-c4ccc5c(c4)CNC5=O)cc3C2)ccc(S(C)=O)c1F. The molecule has 0 saturated heterocycles. The van der Waals surface area contributed by atoms with Gasteiger partial charge < -0.3 is 15.0 Å². The summed E-state index contributed by atoms with van der Waals surface area (Å²) in [4.78, 5) is 27.1. The molecule has 2 aliphatic rings. The van der Waals surface area contributed by atoms with Crippen molar-refractivity contribution in [2.45, 2.75) is 31.3 Å². The highest BCUT2D eigenvalue weighted by Gasteiger charge is 2.26. The van der Waals surface area contributed by atoms with Gasteiger partial charge in [0.1, 0.15) is 18.2 Å². The van der Waals surface area contributed by atoms with Gasteiger partial charge in [-0.15, -0.1) is 0 Å². The summed E-state index contributed by atoms with van der Waals surface area (Å²) < 4.78 is 32.8. The van der Waals surface area contributed by atoms with Crippen LogP contribution in [0, 0.1) is 5.82 Å². The fraction of sp³-hybridized carbons (Fsp3) is 0.259. The second-order valence-electron chi connectivity index (χ2n) is 8.66. The molecular formula is C27H25FN2O4S. The molecular weight excluding hydrogens is 467 g/mol. The lowest BCUT2D eigenvalue weighted by atomic mass is 9.98. The third-order valence-electron chi connectivity index (χ3n) is 6.55. The van der Waals surface area contributed by atoms with Gasteiger partial charge in [-0.1, -0.05) is 19.1 Å². The van der Waals surface area contributed by atoms with E-state index in [1.807, 2.05) is 36.4 Å². The lowest BCUT2D eigenvalue weighted by molar-refractivity contribution is 0.0731. The molecule has 1 atom stereocenters. The summed E-state index contributed by atoms with van der Waals surface area (Å²) in [5.41, 5.74) is 5.01. The van der Waals surface area contributed by atoms with Crippen molar-refractivity contribution < 1.29 is 22.9 Å². The average molecular weight is 493 g/mol. The molecule has 2 aliphatic heterocycles. The van der Waals surface area contributed by atoms with Crippen molar-refractivity contribution >= 4 is 22.6 Å². The molecule has 3 aromatic carbocycles. The molecule has 0 saturated carbocycles. The van der Waals surface area contributed by atoms with Crippen LogP contribution in [0.4, 0.5) is 4.39 Å². The van der Waals surface area contributed by atoms with Crippen LogP contribution in [0.3, 0.4) is 0 Å². The van der Waals surface area contributed by atoms with Crippen LogP contribution in [0.2, 0.25) is 0 Å². The number of nitrogens with zero attached hydrogens (tertiary/aromatic N) is 1. The number of hydrogen-bond donors (Lipinski definition) is 1. The molecule has 0 bridgehead atoms. The molecule has 35 heavy (non-hydrogen) atoms. The standard InChI is InChI=1S/C27H25FN2O4S/c1-3-20-22(7-9-24(25(20)28)35(2)33)27(32)30-10-11-34-23-8-5-17(13-19(23)15-30)16-4-6-21-18(12-16)14-29-26(21)31/h4-9,12-13H,3,10-11,14-15H2,1-2H3,(H,29,31). The van der Waals surface area contributed by atoms with E-state index in [1.165, 1.54) is 12.3 Å². The first-order valence-electron chi connectivity index (χ1n) is 11.5. The van der Waals surface area contributed by atoms with Crippen LogP contribution in [0.25, 0.3) is 11.1 Å². The summed E-state index contributed by atoms with van der Waals surface area (Å²) in [5, 5.41) is 2.83. The molecule has 0 radical (unpaired) electrons. The predicted molar refractivity (Wildman–Crippen MR) is 131 cm³/mol. The summed E-state index contributed by atoms with van der Waals surface area (Å²) >= 11 is 0. The van der Waals surface area contributed by atoms with Gasteiger partial charge in [-0.05, 0) is 59.5 Å². The topological polar surface area (TPSA) is 75.7 Å². The van der Waals surface area contributed by atoms with Crippen LogP contribution in [-0.4, -0.2) is 40.3 Å². The smallest absolute Gasteiger partial charge is 0.254 e. The Morgan fingerprint density at radius 2 is 1.86 bits per heavy atom. The Hall–Kier alpha value is -3.52. The van der Waals surface area contributed by atoms with E-state index in [9.17, 15) is 18.2 Å². The maximum absolute atomic E-state index is 15.0. The molecule has 2 heterocycles. The van der Waals surface area contributed by atoms with Gasteiger partial charge in [-0.2, -0.15) is 0 Å². The zero-order valence-corrected chi connectivity index (χ0v) is 20.3. The number of nitrogens with one attached hydrogen (secondary N) is 1. The van der Waals surface area contributed by atoms with Gasteiger partial charge in [0, 0.05) is 41.6 Å². The Morgan fingerprint density at radius 3 is 2.60 bits per heavy atom. The average Bonchev–Trinajstić information content (AvgIpc) is 3.09. The van der Waals surface area contributed by atoms with E-state index in [-0.39, 0.29) is 27.8 Å². The number of hydrogen-bond acceptors (Lipinski definition) is 4. The molecule has 2 amide bonds. The molecule has 8 heteroatoms. The highest BCUT2D eigenvalue weighted by atomic mass is 32.2. The summed E-state index contributed by atoms with van der Waals surface area (Å²) in [6.45, 7) is 3.30. The van der Waals surface area contributed by atoms with Crippen molar-refractivity contribution in [3.63, 3.8) is 0 Å². The molecule has 3 aromatic rings. The fourth-order valence-electron chi connectivity index (χ4n) is 4.70. The lowest BCUT2D eigenvalue weighted by Crippen LogP contribution is -2.33. The normalized spacial score (nSPS) is 15.5. The highest BCUT2D eigenvalue weighted by molar-refractivity contribution is 7.84. The molecule has 5 rings (SSSR count). The monoisotopic (exact) mass is 492 g/mol. The Kier molecular flexibility index (Phi) is 6.15. The van der Waals surface area contributed by atoms with Crippen LogP contribution in [0.15, 0.2) is 53.4 Å². The van der Waals surface area contributed by atoms with E-state index in [4.69, 9.17) is 4.74 Å². The van der Waals surface area contributed by atoms with E-state index in [0.717, 1.165) is 22.3 Å². The number of benzene rings is 3. The maximum Gasteiger partial charge on any atom is 0.254 e. The summed E-state index contributed by atoms with van der Waals surface area (Å²) in [6.07, 6.45) is 1.74. The zero-order chi connectivity index (χ0) is 24.7. The van der Waals surface area contributed by atoms with Crippen molar-refractivity contribution in [3.8, 4) is 16.9 Å². The van der Waals surface area contributed by atoms with Gasteiger partial charge in [-0.25, -0.2) is 4.39 Å². The van der Waals surface area contributed by atoms with Crippen molar-refractivity contribution in [2.24, 2.45) is 0 Å². The number of fused-ring (bicyclic) bond motifs is 2. The van der Waals surface area contributed by atoms with Crippen LogP contribution < -0.4 is 10.1 Å². The minimum absolute atomic E-state index is 0.0582. The molecule has 1 unspecified atom stereocenters. The first-order chi connectivity index (χ1) is 16.9. The molecule has 180 valence electrons. The molecule has 1 N–H and O–H groups in total. The molecule has 0 spiro atoms. The maximum atomic E-state index is 15.0. The molecule has 0 aliphatic carbocycles. The number of carbonyl (C=O) groups is 2. The van der Waals surface area contributed by atoms with Crippen molar-refractivity contribution in [3.05, 3.63) is 82.2 Å². The van der Waals surface area contributed by atoms with Gasteiger partial charge >= 0.3 is 0 Å². The molecule has 0 aromatic heterocycles. The Labute approximate surface area is 205 Å². The van der Waals surface area contributed by atoms with Crippen molar-refractivity contribution in [1.29, 1.82) is 0 Å². The number of carbonyl (C=O) groups excluding carboxylic acids is 2. The number of amides is 2. The van der Waals surface area contributed by atoms with E-state index >= 15 is 0 Å². The van der Waals surface area contributed by atoms with Crippen LogP contribution in [0.5, 0.6) is 5.75 Å². The third-order valence-corrected chi connectivity index (χ3v) is 7.49. The van der Waals surface area contributed by atoms with Gasteiger partial charge in [-0.3, -0.25) is 13.8 Å². The minimum Gasteiger partial charge on any atom is -0.491 e. The summed E-state index contributed by atoms with van der Waals surface area (Å²) in [5.74, 6) is -0.200. The first kappa shape index (κ1) is 23.2. The summed E-state index contributed by atoms with van der Waals surface area (Å²) in [7, 11) is -1.48. The van der Waals surface area contributed by atoms with Crippen molar-refractivity contribution in [1.82, 2.24) is 10.2 Å². The van der Waals surface area contributed by atoms with E-state index in [0.29, 0.717) is 44.0 Å². The Morgan fingerprint density at radius 1 is 1.11 bits per heavy atom. The minimum atomic E-state index is -1.48. The quantitative estimate of drug-likeness (QED) is 0.596. The second-order valence-corrected chi connectivity index (χ2v) is 10.0. The van der Waals surface area contributed by atoms with Gasteiger partial charge in [0.25, 0.3) is 11.8 Å². The van der Waals surface area contributed by atoms with E-state index in [1.54, 1.807) is 17.9 Å². The van der Waals surface area contributed by atoms with Gasteiger partial charge in [0.05, 0.1) is 22.2 Å².